The molecular weight excluding hydrogens is 328 g/mol. The Kier molecular flexibility index (Phi) is 4.37. The van der Waals surface area contributed by atoms with Gasteiger partial charge in [0.25, 0.3) is 5.56 Å². The van der Waals surface area contributed by atoms with Gasteiger partial charge in [-0.05, 0) is 60.5 Å². The number of nitrogens with one attached hydrogen (secondary N) is 1. The van der Waals surface area contributed by atoms with Gasteiger partial charge in [-0.3, -0.25) is 9.36 Å². The first-order valence-corrected chi connectivity index (χ1v) is 8.35. The maximum atomic E-state index is 12.8. The van der Waals surface area contributed by atoms with Crippen molar-refractivity contribution in [2.75, 3.05) is 0 Å². The average Bonchev–Trinajstić information content (AvgIpc) is 2.54. The third-order valence-corrected chi connectivity index (χ3v) is 4.71. The van der Waals surface area contributed by atoms with E-state index in [0.717, 1.165) is 12.1 Å². The first-order chi connectivity index (χ1) is 11.0. The highest BCUT2D eigenvalue weighted by Crippen LogP contribution is 2.20. The molecule has 1 aromatic heterocycles. The van der Waals surface area contributed by atoms with E-state index in [2.05, 4.69) is 31.0 Å². The van der Waals surface area contributed by atoms with E-state index >= 15 is 0 Å². The molecule has 0 radical (unpaired) electrons. The lowest BCUT2D eigenvalue weighted by atomic mass is 9.98. The van der Waals surface area contributed by atoms with E-state index in [1.165, 1.54) is 10.1 Å². The minimum atomic E-state index is -0.142. The van der Waals surface area contributed by atoms with Gasteiger partial charge in [0.1, 0.15) is 0 Å². The summed E-state index contributed by atoms with van der Waals surface area (Å²) in [6.07, 6.45) is 1.08. The van der Waals surface area contributed by atoms with Crippen LogP contribution in [0.5, 0.6) is 0 Å². The average molecular weight is 345 g/mol. The van der Waals surface area contributed by atoms with Gasteiger partial charge in [0, 0.05) is 5.02 Å². The summed E-state index contributed by atoms with van der Waals surface area (Å²) in [4.78, 5) is 15.8. The molecule has 3 rings (SSSR count). The van der Waals surface area contributed by atoms with Crippen LogP contribution < -0.4 is 5.56 Å². The minimum Gasteiger partial charge on any atom is -0.331 e. The first kappa shape index (κ1) is 16.0. The van der Waals surface area contributed by atoms with Crippen LogP contribution in [0.1, 0.15) is 31.7 Å². The van der Waals surface area contributed by atoms with E-state index in [1.807, 2.05) is 12.1 Å². The highest BCUT2D eigenvalue weighted by Gasteiger charge is 2.09. The normalized spacial score (nSPS) is 12.5. The van der Waals surface area contributed by atoms with Crippen LogP contribution in [-0.2, 0) is 0 Å². The van der Waals surface area contributed by atoms with Gasteiger partial charge in [-0.2, -0.15) is 0 Å². The molecule has 0 saturated carbocycles. The highest BCUT2D eigenvalue weighted by molar-refractivity contribution is 7.71. The standard InChI is InChI=1S/C18H17ClN2OS/c1-3-11(2)12-4-7-14(8-5-12)21-17(22)15-9-6-13(19)10-16(15)20-18(21)23/h4-11H,3H2,1-2H3,(H,20,23)/t11-/m1/s1. The molecule has 0 aliphatic rings. The van der Waals surface area contributed by atoms with Crippen molar-refractivity contribution in [3.05, 3.63) is 68.2 Å². The van der Waals surface area contributed by atoms with E-state index in [-0.39, 0.29) is 5.56 Å². The SMILES string of the molecule is CC[C@@H](C)c1ccc(-n2c(=S)[nH]c3cc(Cl)ccc3c2=O)cc1. The molecule has 0 saturated heterocycles. The van der Waals surface area contributed by atoms with Gasteiger partial charge >= 0.3 is 0 Å². The molecule has 0 aliphatic carbocycles. The lowest BCUT2D eigenvalue weighted by Gasteiger charge is -2.12. The van der Waals surface area contributed by atoms with Crippen LogP contribution in [0.3, 0.4) is 0 Å². The Morgan fingerprint density at radius 2 is 1.91 bits per heavy atom. The summed E-state index contributed by atoms with van der Waals surface area (Å²) in [6, 6.07) is 13.1. The maximum Gasteiger partial charge on any atom is 0.266 e. The molecule has 2 aromatic carbocycles. The van der Waals surface area contributed by atoms with Crippen molar-refractivity contribution >= 4 is 34.7 Å². The predicted molar refractivity (Wildman–Crippen MR) is 98.4 cm³/mol. The maximum absolute atomic E-state index is 12.8. The predicted octanol–water partition coefficient (Wildman–Crippen LogP) is 5.22. The molecule has 5 heteroatoms. The topological polar surface area (TPSA) is 37.8 Å². The van der Waals surface area contributed by atoms with Gasteiger partial charge < -0.3 is 4.98 Å². The molecule has 0 bridgehead atoms. The largest absolute Gasteiger partial charge is 0.331 e. The third kappa shape index (κ3) is 2.96. The van der Waals surface area contributed by atoms with Crippen LogP contribution in [-0.4, -0.2) is 9.55 Å². The van der Waals surface area contributed by atoms with E-state index in [9.17, 15) is 4.79 Å². The Hall–Kier alpha value is -1.91. The fraction of sp³-hybridized carbons (Fsp3) is 0.222. The Morgan fingerprint density at radius 3 is 2.57 bits per heavy atom. The van der Waals surface area contributed by atoms with Crippen molar-refractivity contribution in [2.45, 2.75) is 26.2 Å². The van der Waals surface area contributed by atoms with Crippen LogP contribution in [0.2, 0.25) is 5.02 Å². The second-order valence-electron chi connectivity index (χ2n) is 5.66. The van der Waals surface area contributed by atoms with Crippen molar-refractivity contribution in [2.24, 2.45) is 0 Å². The van der Waals surface area contributed by atoms with Gasteiger partial charge in [0.2, 0.25) is 0 Å². The van der Waals surface area contributed by atoms with Crippen LogP contribution in [0.25, 0.3) is 16.6 Å². The van der Waals surface area contributed by atoms with Crippen molar-refractivity contribution in [3.8, 4) is 5.69 Å². The van der Waals surface area contributed by atoms with Crippen LogP contribution >= 0.6 is 23.8 Å². The zero-order chi connectivity index (χ0) is 16.6. The molecular formula is C18H17ClN2OS. The number of hydrogen-bond donors (Lipinski definition) is 1. The molecule has 1 atom stereocenters. The second-order valence-corrected chi connectivity index (χ2v) is 6.48. The third-order valence-electron chi connectivity index (χ3n) is 4.19. The quantitative estimate of drug-likeness (QED) is 0.662. The zero-order valence-electron chi connectivity index (χ0n) is 13.0. The molecule has 23 heavy (non-hydrogen) atoms. The lowest BCUT2D eigenvalue weighted by molar-refractivity contribution is 0.733. The molecule has 0 fully saturated rings. The number of H-pyrrole nitrogens is 1. The molecule has 3 nitrogen and oxygen atoms in total. The van der Waals surface area contributed by atoms with Gasteiger partial charge in [-0.15, -0.1) is 0 Å². The molecule has 3 aromatic rings. The van der Waals surface area contributed by atoms with Crippen molar-refractivity contribution < 1.29 is 0 Å². The summed E-state index contributed by atoms with van der Waals surface area (Å²) >= 11 is 11.3. The van der Waals surface area contributed by atoms with Gasteiger partial charge in [0.15, 0.2) is 4.77 Å². The Morgan fingerprint density at radius 1 is 1.22 bits per heavy atom. The number of aromatic amines is 1. The number of halogens is 1. The summed E-state index contributed by atoms with van der Waals surface area (Å²) in [5, 5.41) is 1.13. The van der Waals surface area contributed by atoms with Crippen molar-refractivity contribution in [1.82, 2.24) is 9.55 Å². The summed E-state index contributed by atoms with van der Waals surface area (Å²) in [6.45, 7) is 4.35. The lowest BCUT2D eigenvalue weighted by Crippen LogP contribution is -2.20. The van der Waals surface area contributed by atoms with E-state index in [0.29, 0.717) is 26.6 Å². The molecule has 0 amide bonds. The van der Waals surface area contributed by atoms with Crippen molar-refractivity contribution in [1.29, 1.82) is 0 Å². The van der Waals surface area contributed by atoms with E-state index < -0.39 is 0 Å². The number of aromatic nitrogens is 2. The second kappa shape index (κ2) is 6.30. The van der Waals surface area contributed by atoms with E-state index in [4.69, 9.17) is 23.8 Å². The van der Waals surface area contributed by atoms with Gasteiger partial charge in [0.05, 0.1) is 16.6 Å². The Labute approximate surface area is 144 Å². The number of fused-ring (bicyclic) bond motifs is 1. The van der Waals surface area contributed by atoms with Gasteiger partial charge in [-0.1, -0.05) is 37.6 Å². The van der Waals surface area contributed by atoms with Gasteiger partial charge in [-0.25, -0.2) is 0 Å². The fourth-order valence-corrected chi connectivity index (χ4v) is 3.08. The number of nitrogens with zero attached hydrogens (tertiary/aromatic N) is 1. The Balaban J connectivity index is 2.18. The molecule has 0 spiro atoms. The summed E-state index contributed by atoms with van der Waals surface area (Å²) < 4.78 is 1.88. The summed E-state index contributed by atoms with van der Waals surface area (Å²) in [5.41, 5.74) is 2.53. The fourth-order valence-electron chi connectivity index (χ4n) is 2.61. The zero-order valence-corrected chi connectivity index (χ0v) is 14.5. The van der Waals surface area contributed by atoms with Crippen molar-refractivity contribution in [3.63, 3.8) is 0 Å². The van der Waals surface area contributed by atoms with Crippen LogP contribution in [0.4, 0.5) is 0 Å². The molecule has 118 valence electrons. The van der Waals surface area contributed by atoms with Crippen LogP contribution in [0, 0.1) is 4.77 Å². The smallest absolute Gasteiger partial charge is 0.266 e. The number of hydrogen-bond acceptors (Lipinski definition) is 2. The molecule has 1 N–H and O–H groups in total. The molecule has 0 unspecified atom stereocenters. The molecule has 1 heterocycles. The summed E-state index contributed by atoms with van der Waals surface area (Å²) in [5.74, 6) is 0.494. The summed E-state index contributed by atoms with van der Waals surface area (Å²) in [7, 11) is 0. The minimum absolute atomic E-state index is 0.142. The first-order valence-electron chi connectivity index (χ1n) is 7.56. The van der Waals surface area contributed by atoms with Crippen LogP contribution in [0.15, 0.2) is 47.3 Å². The van der Waals surface area contributed by atoms with E-state index in [1.54, 1.807) is 18.2 Å². The number of rotatable bonds is 3. The Bertz CT molecular complexity index is 973. The monoisotopic (exact) mass is 344 g/mol. The number of benzene rings is 2. The molecule has 0 aliphatic heterocycles. The highest BCUT2D eigenvalue weighted by atomic mass is 35.5.